The third-order valence-electron chi connectivity index (χ3n) is 1.42. The Bertz CT molecular complexity index is 244. The standard InChI is InChI=1S/C7H11N3O/c1-4-6-8-7(9-11-6)10(3)5-2/h4H,1,5H2,2-3H3. The van der Waals surface area contributed by atoms with Crippen LogP contribution in [-0.4, -0.2) is 23.7 Å². The summed E-state index contributed by atoms with van der Waals surface area (Å²) in [6.07, 6.45) is 1.53. The summed E-state index contributed by atoms with van der Waals surface area (Å²) in [4.78, 5) is 5.92. The van der Waals surface area contributed by atoms with Gasteiger partial charge < -0.3 is 9.42 Å². The monoisotopic (exact) mass is 153 g/mol. The summed E-state index contributed by atoms with van der Waals surface area (Å²) < 4.78 is 4.82. The van der Waals surface area contributed by atoms with Gasteiger partial charge in [-0.25, -0.2) is 0 Å². The predicted molar refractivity (Wildman–Crippen MR) is 43.3 cm³/mol. The number of hydrogen-bond donors (Lipinski definition) is 0. The van der Waals surface area contributed by atoms with Crippen LogP contribution in [0.2, 0.25) is 0 Å². The van der Waals surface area contributed by atoms with Gasteiger partial charge in [-0.05, 0) is 18.2 Å². The Hall–Kier alpha value is -1.32. The highest BCUT2D eigenvalue weighted by Gasteiger charge is 2.05. The molecule has 1 rings (SSSR count). The van der Waals surface area contributed by atoms with Gasteiger partial charge in [0, 0.05) is 13.6 Å². The van der Waals surface area contributed by atoms with Gasteiger partial charge in [-0.1, -0.05) is 6.58 Å². The third kappa shape index (κ3) is 1.58. The third-order valence-corrected chi connectivity index (χ3v) is 1.42. The molecule has 4 heteroatoms. The quantitative estimate of drug-likeness (QED) is 0.653. The fraction of sp³-hybridized carbons (Fsp3) is 0.429. The minimum atomic E-state index is 0.459. The molecule has 0 aliphatic carbocycles. The average Bonchev–Trinajstić information content (AvgIpc) is 2.50. The van der Waals surface area contributed by atoms with Crippen LogP contribution < -0.4 is 4.90 Å². The Balaban J connectivity index is 2.79. The minimum absolute atomic E-state index is 0.459. The highest BCUT2D eigenvalue weighted by atomic mass is 16.5. The van der Waals surface area contributed by atoms with Gasteiger partial charge in [0.2, 0.25) is 0 Å². The normalized spacial score (nSPS) is 9.64. The maximum absolute atomic E-state index is 4.82. The Labute approximate surface area is 65.5 Å². The van der Waals surface area contributed by atoms with E-state index in [1.807, 2.05) is 18.9 Å². The van der Waals surface area contributed by atoms with Gasteiger partial charge in [-0.3, -0.25) is 0 Å². The molecule has 60 valence electrons. The second-order valence-corrected chi connectivity index (χ2v) is 2.15. The van der Waals surface area contributed by atoms with Gasteiger partial charge in [0.15, 0.2) is 0 Å². The fourth-order valence-electron chi connectivity index (χ4n) is 0.606. The van der Waals surface area contributed by atoms with E-state index in [1.165, 1.54) is 6.08 Å². The van der Waals surface area contributed by atoms with E-state index in [-0.39, 0.29) is 0 Å². The predicted octanol–water partition coefficient (Wildman–Crippen LogP) is 1.17. The summed E-state index contributed by atoms with van der Waals surface area (Å²) in [5.74, 6) is 1.06. The molecule has 0 fully saturated rings. The second kappa shape index (κ2) is 3.18. The molecule has 4 nitrogen and oxygen atoms in total. The zero-order chi connectivity index (χ0) is 8.27. The number of anilines is 1. The highest BCUT2D eigenvalue weighted by molar-refractivity contribution is 5.37. The van der Waals surface area contributed by atoms with Crippen molar-refractivity contribution < 1.29 is 4.52 Å². The molecule has 0 unspecified atom stereocenters. The molecular weight excluding hydrogens is 142 g/mol. The maximum Gasteiger partial charge on any atom is 0.266 e. The Morgan fingerprint density at radius 2 is 2.45 bits per heavy atom. The lowest BCUT2D eigenvalue weighted by Gasteiger charge is -2.08. The van der Waals surface area contributed by atoms with Crippen LogP contribution in [0.25, 0.3) is 6.08 Å². The van der Waals surface area contributed by atoms with E-state index in [9.17, 15) is 0 Å². The van der Waals surface area contributed by atoms with Crippen LogP contribution in [-0.2, 0) is 0 Å². The van der Waals surface area contributed by atoms with Gasteiger partial charge in [0.1, 0.15) is 0 Å². The zero-order valence-electron chi connectivity index (χ0n) is 6.74. The lowest BCUT2D eigenvalue weighted by molar-refractivity contribution is 0.409. The first-order chi connectivity index (χ1) is 5.27. The molecule has 0 aliphatic heterocycles. The second-order valence-electron chi connectivity index (χ2n) is 2.15. The van der Waals surface area contributed by atoms with Crippen molar-refractivity contribution in [3.63, 3.8) is 0 Å². The van der Waals surface area contributed by atoms with Crippen molar-refractivity contribution in [1.82, 2.24) is 10.1 Å². The Morgan fingerprint density at radius 3 is 2.91 bits per heavy atom. The average molecular weight is 153 g/mol. The lowest BCUT2D eigenvalue weighted by atomic mass is 10.6. The molecule has 1 aromatic rings. The van der Waals surface area contributed by atoms with E-state index in [2.05, 4.69) is 16.7 Å². The van der Waals surface area contributed by atoms with Crippen molar-refractivity contribution in [2.45, 2.75) is 6.92 Å². The fourth-order valence-corrected chi connectivity index (χ4v) is 0.606. The van der Waals surface area contributed by atoms with Crippen molar-refractivity contribution in [2.75, 3.05) is 18.5 Å². The number of hydrogen-bond acceptors (Lipinski definition) is 4. The largest absolute Gasteiger partial charge is 0.342 e. The Morgan fingerprint density at radius 1 is 1.73 bits per heavy atom. The highest BCUT2D eigenvalue weighted by Crippen LogP contribution is 2.06. The zero-order valence-corrected chi connectivity index (χ0v) is 6.74. The number of rotatable bonds is 3. The molecule has 0 atom stereocenters. The molecule has 0 spiro atoms. The Kier molecular flexibility index (Phi) is 2.25. The SMILES string of the molecule is C=Cc1nc(N(C)CC)no1. The summed E-state index contributed by atoms with van der Waals surface area (Å²) in [7, 11) is 1.90. The lowest BCUT2D eigenvalue weighted by Crippen LogP contribution is -2.16. The topological polar surface area (TPSA) is 42.2 Å². The van der Waals surface area contributed by atoms with Gasteiger partial charge >= 0.3 is 0 Å². The molecule has 1 aromatic heterocycles. The van der Waals surface area contributed by atoms with Crippen LogP contribution >= 0.6 is 0 Å². The molecule has 0 saturated heterocycles. The van der Waals surface area contributed by atoms with Crippen molar-refractivity contribution >= 4 is 12.0 Å². The van der Waals surface area contributed by atoms with Gasteiger partial charge in [0.05, 0.1) is 0 Å². The van der Waals surface area contributed by atoms with Crippen LogP contribution in [0.3, 0.4) is 0 Å². The number of nitrogens with zero attached hydrogens (tertiary/aromatic N) is 3. The van der Waals surface area contributed by atoms with Crippen LogP contribution in [0.4, 0.5) is 5.95 Å². The first-order valence-electron chi connectivity index (χ1n) is 3.45. The molecule has 1 heterocycles. The molecular formula is C7H11N3O. The van der Waals surface area contributed by atoms with Crippen LogP contribution in [0, 0.1) is 0 Å². The minimum Gasteiger partial charge on any atom is -0.342 e. The smallest absolute Gasteiger partial charge is 0.266 e. The van der Waals surface area contributed by atoms with Crippen LogP contribution in [0.5, 0.6) is 0 Å². The van der Waals surface area contributed by atoms with Crippen molar-refractivity contribution in [3.05, 3.63) is 12.5 Å². The van der Waals surface area contributed by atoms with E-state index < -0.39 is 0 Å². The summed E-state index contributed by atoms with van der Waals surface area (Å²) in [5, 5.41) is 3.73. The van der Waals surface area contributed by atoms with Crippen molar-refractivity contribution in [2.24, 2.45) is 0 Å². The van der Waals surface area contributed by atoms with Crippen molar-refractivity contribution in [1.29, 1.82) is 0 Å². The van der Waals surface area contributed by atoms with Gasteiger partial charge in [-0.2, -0.15) is 4.98 Å². The molecule has 0 aromatic carbocycles. The molecule has 0 aliphatic rings. The first-order valence-corrected chi connectivity index (χ1v) is 3.45. The van der Waals surface area contributed by atoms with E-state index in [4.69, 9.17) is 4.52 Å². The summed E-state index contributed by atoms with van der Waals surface area (Å²) in [6.45, 7) is 6.39. The summed E-state index contributed by atoms with van der Waals surface area (Å²) >= 11 is 0. The van der Waals surface area contributed by atoms with E-state index in [1.54, 1.807) is 0 Å². The number of aromatic nitrogens is 2. The van der Waals surface area contributed by atoms with E-state index >= 15 is 0 Å². The van der Waals surface area contributed by atoms with Gasteiger partial charge in [0.25, 0.3) is 11.8 Å². The molecule has 11 heavy (non-hydrogen) atoms. The molecule has 0 bridgehead atoms. The van der Waals surface area contributed by atoms with Gasteiger partial charge in [-0.15, -0.1) is 0 Å². The summed E-state index contributed by atoms with van der Waals surface area (Å²) in [6, 6.07) is 0. The van der Waals surface area contributed by atoms with E-state index in [0.29, 0.717) is 11.8 Å². The molecule has 0 N–H and O–H groups in total. The maximum atomic E-state index is 4.82. The van der Waals surface area contributed by atoms with E-state index in [0.717, 1.165) is 6.54 Å². The van der Waals surface area contributed by atoms with Crippen molar-refractivity contribution in [3.8, 4) is 0 Å². The molecule has 0 amide bonds. The molecule has 0 saturated carbocycles. The molecule has 0 radical (unpaired) electrons. The van der Waals surface area contributed by atoms with Crippen LogP contribution in [0.15, 0.2) is 11.1 Å². The van der Waals surface area contributed by atoms with Crippen LogP contribution in [0.1, 0.15) is 12.8 Å². The first kappa shape index (κ1) is 7.78. The summed E-state index contributed by atoms with van der Waals surface area (Å²) in [5.41, 5.74) is 0.